The number of thiophene rings is 1. The maximum Gasteiger partial charge on any atom is 0.230 e. The topological polar surface area (TPSA) is 77.1 Å². The summed E-state index contributed by atoms with van der Waals surface area (Å²) in [5, 5.41) is 5.03. The molecule has 3 aliphatic rings. The van der Waals surface area contributed by atoms with Gasteiger partial charge in [-0.25, -0.2) is 0 Å². The number of carbonyl (C=O) groups is 2. The minimum atomic E-state index is -0.676. The molecule has 2 aromatic rings. The third kappa shape index (κ3) is 3.47. The number of hydrogen-bond donors (Lipinski definition) is 1. The van der Waals surface area contributed by atoms with Gasteiger partial charge in [0.15, 0.2) is 11.5 Å². The molecule has 7 nitrogen and oxygen atoms in total. The Hall–Kier alpha value is -2.84. The molecule has 1 aromatic heterocycles. The predicted octanol–water partition coefficient (Wildman–Crippen LogP) is 2.41. The van der Waals surface area contributed by atoms with E-state index in [4.69, 9.17) is 14.2 Å². The fraction of sp³-hybridized carbons (Fsp3) is 0.417. The first-order chi connectivity index (χ1) is 15.5. The van der Waals surface area contributed by atoms with E-state index in [9.17, 15) is 9.59 Å². The van der Waals surface area contributed by atoms with E-state index >= 15 is 0 Å². The molecule has 2 saturated heterocycles. The number of amides is 2. The van der Waals surface area contributed by atoms with Crippen LogP contribution in [0.25, 0.3) is 0 Å². The van der Waals surface area contributed by atoms with Crippen molar-refractivity contribution in [2.24, 2.45) is 11.8 Å². The first-order valence-corrected chi connectivity index (χ1v) is 11.6. The molecule has 4 heterocycles. The third-order valence-electron chi connectivity index (χ3n) is 6.57. The zero-order valence-corrected chi connectivity index (χ0v) is 18.9. The number of carbonyl (C=O) groups excluding carboxylic acids is 2. The average molecular weight is 455 g/mol. The lowest BCUT2D eigenvalue weighted by atomic mass is 9.77. The molecule has 0 saturated carbocycles. The van der Waals surface area contributed by atoms with Gasteiger partial charge >= 0.3 is 0 Å². The normalized spacial score (nSPS) is 27.6. The molecule has 0 aliphatic carbocycles. The van der Waals surface area contributed by atoms with Crippen molar-refractivity contribution in [1.29, 1.82) is 0 Å². The first-order valence-electron chi connectivity index (χ1n) is 10.7. The van der Waals surface area contributed by atoms with Crippen LogP contribution >= 0.6 is 11.3 Å². The molecule has 5 rings (SSSR count). The molecule has 2 bridgehead atoms. The second-order valence-corrected chi connectivity index (χ2v) is 9.44. The Morgan fingerprint density at radius 1 is 1.28 bits per heavy atom. The van der Waals surface area contributed by atoms with Gasteiger partial charge in [-0.05, 0) is 35.6 Å². The molecule has 0 unspecified atom stereocenters. The zero-order chi connectivity index (χ0) is 22.3. The lowest BCUT2D eigenvalue weighted by Crippen LogP contribution is -2.44. The fourth-order valence-corrected chi connectivity index (χ4v) is 5.81. The molecule has 2 fully saturated rings. The fourth-order valence-electron chi connectivity index (χ4n) is 5.09. The van der Waals surface area contributed by atoms with Gasteiger partial charge in [-0.1, -0.05) is 24.3 Å². The van der Waals surface area contributed by atoms with Gasteiger partial charge in [0.05, 0.1) is 45.2 Å². The largest absolute Gasteiger partial charge is 0.493 e. The zero-order valence-electron chi connectivity index (χ0n) is 18.1. The summed E-state index contributed by atoms with van der Waals surface area (Å²) < 4.78 is 16.8. The van der Waals surface area contributed by atoms with E-state index in [1.54, 1.807) is 25.6 Å². The smallest absolute Gasteiger partial charge is 0.230 e. The number of methoxy groups -OCH3 is 2. The molecular formula is C24H26N2O5S. The maximum absolute atomic E-state index is 13.2. The Bertz CT molecular complexity index is 1050. The summed E-state index contributed by atoms with van der Waals surface area (Å²) in [6.45, 7) is 1.52. The Balaban J connectivity index is 1.24. The van der Waals surface area contributed by atoms with Gasteiger partial charge in [0.2, 0.25) is 11.8 Å². The molecule has 0 radical (unpaired) electrons. The van der Waals surface area contributed by atoms with Gasteiger partial charge in [-0.3, -0.25) is 9.59 Å². The molecule has 32 heavy (non-hydrogen) atoms. The summed E-state index contributed by atoms with van der Waals surface area (Å²) in [4.78, 5) is 29.3. The Morgan fingerprint density at radius 3 is 2.88 bits per heavy atom. The van der Waals surface area contributed by atoms with Gasteiger partial charge in [0, 0.05) is 11.4 Å². The summed E-state index contributed by atoms with van der Waals surface area (Å²) in [5.41, 5.74) is 0.354. The summed E-state index contributed by atoms with van der Waals surface area (Å²) in [5.74, 6) is 0.253. The highest BCUT2D eigenvalue weighted by atomic mass is 32.1. The van der Waals surface area contributed by atoms with Gasteiger partial charge in [-0.2, -0.15) is 0 Å². The van der Waals surface area contributed by atoms with Crippen LogP contribution in [0.3, 0.4) is 0 Å². The van der Waals surface area contributed by atoms with Crippen LogP contribution < -0.4 is 14.8 Å². The summed E-state index contributed by atoms with van der Waals surface area (Å²) in [7, 11) is 3.20. The average Bonchev–Trinajstić information content (AvgIpc) is 3.57. The number of ether oxygens (including phenoxy) is 3. The van der Waals surface area contributed by atoms with E-state index in [1.807, 2.05) is 52.8 Å². The molecule has 8 heteroatoms. The third-order valence-corrected chi connectivity index (χ3v) is 7.43. The second-order valence-electron chi connectivity index (χ2n) is 8.40. The number of nitrogens with zero attached hydrogens (tertiary/aromatic N) is 1. The Labute approximate surface area is 191 Å². The van der Waals surface area contributed by atoms with E-state index < -0.39 is 17.4 Å². The molecule has 3 aliphatic heterocycles. The Kier molecular flexibility index (Phi) is 5.43. The summed E-state index contributed by atoms with van der Waals surface area (Å²) in [6.07, 6.45) is 4.24. The van der Waals surface area contributed by atoms with E-state index in [2.05, 4.69) is 5.32 Å². The van der Waals surface area contributed by atoms with Crippen molar-refractivity contribution in [3.05, 3.63) is 58.3 Å². The van der Waals surface area contributed by atoms with Crippen molar-refractivity contribution in [1.82, 2.24) is 10.2 Å². The van der Waals surface area contributed by atoms with Crippen molar-refractivity contribution >= 4 is 23.2 Å². The number of fused-ring (bicyclic) bond motifs is 1. The van der Waals surface area contributed by atoms with Crippen molar-refractivity contribution in [2.45, 2.75) is 24.7 Å². The number of hydrogen-bond acceptors (Lipinski definition) is 6. The summed E-state index contributed by atoms with van der Waals surface area (Å²) >= 11 is 1.63. The van der Waals surface area contributed by atoms with Gasteiger partial charge in [0.25, 0.3) is 0 Å². The molecule has 1 spiro atoms. The number of benzene rings is 1. The molecule has 1 N–H and O–H groups in total. The van der Waals surface area contributed by atoms with Crippen LogP contribution in [-0.2, 0) is 27.3 Å². The minimum Gasteiger partial charge on any atom is -0.493 e. The van der Waals surface area contributed by atoms with E-state index in [0.717, 1.165) is 10.4 Å². The van der Waals surface area contributed by atoms with Gasteiger partial charge in [0.1, 0.15) is 5.60 Å². The highest BCUT2D eigenvalue weighted by Crippen LogP contribution is 2.52. The molecule has 1 aromatic carbocycles. The van der Waals surface area contributed by atoms with Gasteiger partial charge in [-0.15, -0.1) is 11.3 Å². The van der Waals surface area contributed by atoms with Gasteiger partial charge < -0.3 is 24.4 Å². The highest BCUT2D eigenvalue weighted by molar-refractivity contribution is 7.09. The molecule has 168 valence electrons. The first kappa shape index (κ1) is 21.0. The van der Waals surface area contributed by atoms with Crippen LogP contribution in [-0.4, -0.2) is 55.7 Å². The predicted molar refractivity (Wildman–Crippen MR) is 120 cm³/mol. The van der Waals surface area contributed by atoms with E-state index in [0.29, 0.717) is 37.6 Å². The van der Waals surface area contributed by atoms with Crippen LogP contribution in [0.5, 0.6) is 11.5 Å². The Morgan fingerprint density at radius 2 is 2.12 bits per heavy atom. The minimum absolute atomic E-state index is 0.00490. The van der Waals surface area contributed by atoms with Crippen molar-refractivity contribution in [3.63, 3.8) is 0 Å². The second kappa shape index (κ2) is 8.26. The molecule has 4 atom stereocenters. The van der Waals surface area contributed by atoms with Crippen molar-refractivity contribution in [3.8, 4) is 11.5 Å². The van der Waals surface area contributed by atoms with Crippen molar-refractivity contribution < 1.29 is 23.8 Å². The standard InChI is InChI=1S/C24H26N2O5S/c1-29-17-6-5-15(12-19(17)30-2)8-10-25-22(27)20-18-7-9-24(31-18)14-26(23(28)21(20)24)13-16-4-3-11-32-16/h3-7,9,11-12,18,20-21H,8,10,13-14H2,1-2H3,(H,25,27)/t18-,20+,21-,24-/m0/s1. The molecular weight excluding hydrogens is 428 g/mol. The van der Waals surface area contributed by atoms with Crippen LogP contribution in [0.4, 0.5) is 0 Å². The lowest BCUT2D eigenvalue weighted by molar-refractivity contribution is -0.137. The number of rotatable bonds is 8. The number of likely N-dealkylation sites (tertiary alicyclic amines) is 1. The number of nitrogens with one attached hydrogen (secondary N) is 1. The summed E-state index contributed by atoms with van der Waals surface area (Å²) in [6, 6.07) is 9.72. The maximum atomic E-state index is 13.2. The quantitative estimate of drug-likeness (QED) is 0.620. The van der Waals surface area contributed by atoms with Crippen molar-refractivity contribution in [2.75, 3.05) is 27.3 Å². The SMILES string of the molecule is COc1ccc(CCNC(=O)[C@@H]2[C@@H]3C=C[C@@]4(CN(Cc5cccs5)C(=O)[C@H]24)O3)cc1OC. The van der Waals surface area contributed by atoms with E-state index in [1.165, 1.54) is 0 Å². The highest BCUT2D eigenvalue weighted by Gasteiger charge is 2.66. The molecule has 2 amide bonds. The monoisotopic (exact) mass is 454 g/mol. The van der Waals surface area contributed by atoms with Crippen LogP contribution in [0.1, 0.15) is 10.4 Å². The van der Waals surface area contributed by atoms with Crippen LogP contribution in [0, 0.1) is 11.8 Å². The van der Waals surface area contributed by atoms with E-state index in [-0.39, 0.29) is 17.9 Å². The lowest BCUT2D eigenvalue weighted by Gasteiger charge is -2.23. The van der Waals surface area contributed by atoms with Crippen LogP contribution in [0.15, 0.2) is 47.9 Å². The van der Waals surface area contributed by atoms with Crippen LogP contribution in [0.2, 0.25) is 0 Å².